The van der Waals surface area contributed by atoms with Crippen molar-refractivity contribution < 1.29 is 0 Å². The number of rotatable bonds is 8. The Labute approximate surface area is 170 Å². The first-order valence-electron chi connectivity index (χ1n) is 9.59. The van der Waals surface area contributed by atoms with Gasteiger partial charge in [-0.2, -0.15) is 0 Å². The number of hydrogen-bond acceptors (Lipinski definition) is 6. The van der Waals surface area contributed by atoms with Gasteiger partial charge < -0.3 is 10.6 Å². The minimum absolute atomic E-state index is 0.706. The first-order chi connectivity index (χ1) is 14.4. The molecule has 0 aliphatic carbocycles. The molecule has 0 saturated carbocycles. The van der Waals surface area contributed by atoms with E-state index >= 15 is 0 Å². The normalized spacial score (nSPS) is 10.5. The lowest BCUT2D eigenvalue weighted by atomic mass is 10.1. The van der Waals surface area contributed by atoms with E-state index in [9.17, 15) is 0 Å². The van der Waals surface area contributed by atoms with Crippen LogP contribution in [0.1, 0.15) is 11.4 Å². The van der Waals surface area contributed by atoms with Gasteiger partial charge >= 0.3 is 0 Å². The summed E-state index contributed by atoms with van der Waals surface area (Å²) >= 11 is 0. The van der Waals surface area contributed by atoms with Crippen LogP contribution in [0, 0.1) is 0 Å². The molecule has 2 N–H and O–H groups in total. The topological polar surface area (TPSA) is 75.6 Å². The minimum Gasteiger partial charge on any atom is -0.368 e. The predicted octanol–water partition coefficient (Wildman–Crippen LogP) is 4.05. The van der Waals surface area contributed by atoms with Gasteiger partial charge in [-0.15, -0.1) is 10.2 Å². The van der Waals surface area contributed by atoms with Gasteiger partial charge in [-0.3, -0.25) is 0 Å². The van der Waals surface area contributed by atoms with Crippen LogP contribution in [0.4, 0.5) is 11.6 Å². The second kappa shape index (κ2) is 9.41. The van der Waals surface area contributed by atoms with Gasteiger partial charge in [-0.1, -0.05) is 60.7 Å². The van der Waals surface area contributed by atoms with Gasteiger partial charge in [0.1, 0.15) is 17.5 Å². The third-order valence-electron chi connectivity index (χ3n) is 4.38. The smallest absolute Gasteiger partial charge is 0.148 e. The van der Waals surface area contributed by atoms with E-state index in [0.29, 0.717) is 13.1 Å². The molecule has 0 fully saturated rings. The summed E-state index contributed by atoms with van der Waals surface area (Å²) in [4.78, 5) is 8.94. The van der Waals surface area contributed by atoms with Crippen LogP contribution in [0.2, 0.25) is 0 Å². The molecule has 4 aromatic rings. The van der Waals surface area contributed by atoms with Crippen molar-refractivity contribution in [3.63, 3.8) is 0 Å². The molecule has 29 heavy (non-hydrogen) atoms. The lowest BCUT2D eigenvalue weighted by Gasteiger charge is -2.09. The van der Waals surface area contributed by atoms with Crippen LogP contribution < -0.4 is 10.6 Å². The SMILES string of the molecule is c1ccc(Cc2nccc(NCCNc3ccc(-c4ccccc4)nn3)n2)cc1. The zero-order valence-corrected chi connectivity index (χ0v) is 16.0. The molecule has 2 aromatic heterocycles. The maximum absolute atomic E-state index is 4.58. The number of aromatic nitrogens is 4. The summed E-state index contributed by atoms with van der Waals surface area (Å²) in [6.07, 6.45) is 2.51. The molecule has 144 valence electrons. The van der Waals surface area contributed by atoms with Crippen molar-refractivity contribution >= 4 is 11.6 Å². The Kier molecular flexibility index (Phi) is 6.02. The van der Waals surface area contributed by atoms with E-state index in [-0.39, 0.29) is 0 Å². The Morgan fingerprint density at radius 1 is 0.655 bits per heavy atom. The number of benzene rings is 2. The van der Waals surface area contributed by atoms with E-state index in [1.807, 2.05) is 66.7 Å². The maximum atomic E-state index is 4.58. The summed E-state index contributed by atoms with van der Waals surface area (Å²) in [7, 11) is 0. The van der Waals surface area contributed by atoms with E-state index < -0.39 is 0 Å². The largest absolute Gasteiger partial charge is 0.368 e. The van der Waals surface area contributed by atoms with Crippen molar-refractivity contribution in [2.24, 2.45) is 0 Å². The van der Waals surface area contributed by atoms with Gasteiger partial charge in [0.2, 0.25) is 0 Å². The fourth-order valence-corrected chi connectivity index (χ4v) is 2.93. The van der Waals surface area contributed by atoms with Gasteiger partial charge in [0.05, 0.1) is 5.69 Å². The molecular weight excluding hydrogens is 360 g/mol. The summed E-state index contributed by atoms with van der Waals surface area (Å²) in [6, 6.07) is 26.0. The van der Waals surface area contributed by atoms with Crippen LogP contribution in [0.5, 0.6) is 0 Å². The van der Waals surface area contributed by atoms with E-state index in [1.165, 1.54) is 5.56 Å². The Balaban J connectivity index is 1.26. The molecule has 0 unspecified atom stereocenters. The Bertz CT molecular complexity index is 1020. The Hall–Kier alpha value is -3.80. The van der Waals surface area contributed by atoms with Crippen LogP contribution in [0.25, 0.3) is 11.3 Å². The standard InChI is InChI=1S/C23H22N6/c1-3-7-18(8-4-1)17-23-24-14-13-21(27-23)25-15-16-26-22-12-11-20(28-29-22)19-9-5-2-6-10-19/h1-14H,15-17H2,(H,26,29)(H,24,25,27). The zero-order valence-electron chi connectivity index (χ0n) is 16.0. The highest BCUT2D eigenvalue weighted by molar-refractivity contribution is 5.59. The molecule has 0 aliphatic heterocycles. The highest BCUT2D eigenvalue weighted by Gasteiger charge is 2.02. The number of nitrogens with zero attached hydrogens (tertiary/aromatic N) is 4. The molecule has 2 heterocycles. The number of anilines is 2. The van der Waals surface area contributed by atoms with Crippen molar-refractivity contribution in [2.45, 2.75) is 6.42 Å². The van der Waals surface area contributed by atoms with Gasteiger partial charge in [0, 0.05) is 31.3 Å². The highest BCUT2D eigenvalue weighted by Crippen LogP contribution is 2.16. The lowest BCUT2D eigenvalue weighted by molar-refractivity contribution is 0.950. The third-order valence-corrected chi connectivity index (χ3v) is 4.38. The van der Waals surface area contributed by atoms with Crippen LogP contribution in [-0.4, -0.2) is 33.3 Å². The number of nitrogens with one attached hydrogen (secondary N) is 2. The Morgan fingerprint density at radius 3 is 2.10 bits per heavy atom. The second-order valence-corrected chi connectivity index (χ2v) is 6.54. The second-order valence-electron chi connectivity index (χ2n) is 6.54. The van der Waals surface area contributed by atoms with Crippen molar-refractivity contribution in [1.29, 1.82) is 0 Å². The molecule has 0 bridgehead atoms. The highest BCUT2D eigenvalue weighted by atomic mass is 15.2. The van der Waals surface area contributed by atoms with Crippen LogP contribution in [0.15, 0.2) is 85.1 Å². The fourth-order valence-electron chi connectivity index (χ4n) is 2.93. The van der Waals surface area contributed by atoms with Crippen LogP contribution >= 0.6 is 0 Å². The molecule has 2 aromatic carbocycles. The lowest BCUT2D eigenvalue weighted by Crippen LogP contribution is -2.15. The van der Waals surface area contributed by atoms with E-state index in [0.717, 1.165) is 35.1 Å². The van der Waals surface area contributed by atoms with Gasteiger partial charge in [0.15, 0.2) is 0 Å². The van der Waals surface area contributed by atoms with Gasteiger partial charge in [-0.25, -0.2) is 9.97 Å². The molecule has 6 nitrogen and oxygen atoms in total. The van der Waals surface area contributed by atoms with Crippen molar-refractivity contribution in [3.8, 4) is 11.3 Å². The molecule has 4 rings (SSSR count). The predicted molar refractivity (Wildman–Crippen MR) is 116 cm³/mol. The van der Waals surface area contributed by atoms with Crippen molar-refractivity contribution in [1.82, 2.24) is 20.2 Å². The quantitative estimate of drug-likeness (QED) is 0.448. The summed E-state index contributed by atoms with van der Waals surface area (Å²) in [5.74, 6) is 2.37. The first kappa shape index (κ1) is 18.6. The third kappa shape index (κ3) is 5.35. The Morgan fingerprint density at radius 2 is 1.38 bits per heavy atom. The molecule has 0 amide bonds. The summed E-state index contributed by atoms with van der Waals surface area (Å²) in [5.41, 5.74) is 3.12. The van der Waals surface area contributed by atoms with Crippen molar-refractivity contribution in [2.75, 3.05) is 23.7 Å². The van der Waals surface area contributed by atoms with Crippen LogP contribution in [-0.2, 0) is 6.42 Å². The maximum Gasteiger partial charge on any atom is 0.148 e. The average Bonchev–Trinajstić information content (AvgIpc) is 2.79. The monoisotopic (exact) mass is 382 g/mol. The fraction of sp³-hybridized carbons (Fsp3) is 0.130. The molecule has 0 spiro atoms. The summed E-state index contributed by atoms with van der Waals surface area (Å²) < 4.78 is 0. The molecule has 0 radical (unpaired) electrons. The molecule has 0 saturated heterocycles. The average molecular weight is 382 g/mol. The zero-order chi connectivity index (χ0) is 19.7. The minimum atomic E-state index is 0.706. The van der Waals surface area contributed by atoms with E-state index in [4.69, 9.17) is 0 Å². The number of hydrogen-bond donors (Lipinski definition) is 2. The molecule has 0 aliphatic rings. The molecule has 0 atom stereocenters. The molecule has 6 heteroatoms. The van der Waals surface area contributed by atoms with E-state index in [1.54, 1.807) is 6.20 Å². The first-order valence-corrected chi connectivity index (χ1v) is 9.59. The van der Waals surface area contributed by atoms with Gasteiger partial charge in [0.25, 0.3) is 0 Å². The summed E-state index contributed by atoms with van der Waals surface area (Å²) in [5, 5.41) is 15.1. The van der Waals surface area contributed by atoms with Gasteiger partial charge in [-0.05, 0) is 23.8 Å². The van der Waals surface area contributed by atoms with E-state index in [2.05, 4.69) is 42.9 Å². The summed E-state index contributed by atoms with van der Waals surface area (Å²) in [6.45, 7) is 1.42. The van der Waals surface area contributed by atoms with Crippen molar-refractivity contribution in [3.05, 3.63) is 96.4 Å². The molecular formula is C23H22N6. The van der Waals surface area contributed by atoms with Crippen LogP contribution in [0.3, 0.4) is 0 Å².